The highest BCUT2D eigenvalue weighted by Gasteiger charge is 2.46. The SMILES string of the molecule is CC[C@]1(C#N)CCN(c2ccnc(Nc3cnn(CC(=O)NC(C)(C)C)c3)n2)C1=O.Cl. The van der Waals surface area contributed by atoms with Crippen molar-refractivity contribution in [2.24, 2.45) is 5.41 Å². The lowest BCUT2D eigenvalue weighted by molar-refractivity contribution is -0.124. The number of halogens is 1. The summed E-state index contributed by atoms with van der Waals surface area (Å²) in [5, 5.41) is 19.5. The van der Waals surface area contributed by atoms with Gasteiger partial charge in [-0.05, 0) is 39.7 Å². The van der Waals surface area contributed by atoms with Crippen molar-refractivity contribution >= 4 is 41.7 Å². The molecule has 0 aliphatic carbocycles. The molecule has 0 unspecified atom stereocenters. The van der Waals surface area contributed by atoms with Gasteiger partial charge in [0.2, 0.25) is 17.8 Å². The number of nitriles is 1. The van der Waals surface area contributed by atoms with Crippen molar-refractivity contribution in [3.8, 4) is 6.07 Å². The number of hydrogen-bond donors (Lipinski definition) is 2. The number of carbonyl (C=O) groups excluding carboxylic acids is 2. The average molecular weight is 447 g/mol. The first-order chi connectivity index (χ1) is 14.2. The lowest BCUT2D eigenvalue weighted by atomic mass is 9.85. The summed E-state index contributed by atoms with van der Waals surface area (Å²) in [5.41, 5.74) is -0.677. The van der Waals surface area contributed by atoms with Crippen molar-refractivity contribution in [1.82, 2.24) is 25.1 Å². The number of amides is 2. The minimum Gasteiger partial charge on any atom is -0.350 e. The third kappa shape index (κ3) is 5.49. The van der Waals surface area contributed by atoms with Crippen LogP contribution in [0, 0.1) is 16.7 Å². The molecule has 10 nitrogen and oxygen atoms in total. The highest BCUT2D eigenvalue weighted by atomic mass is 35.5. The molecule has 0 aromatic carbocycles. The summed E-state index contributed by atoms with van der Waals surface area (Å²) >= 11 is 0. The molecule has 3 heterocycles. The summed E-state index contributed by atoms with van der Waals surface area (Å²) in [5.74, 6) is 0.375. The van der Waals surface area contributed by atoms with E-state index in [-0.39, 0.29) is 36.3 Å². The van der Waals surface area contributed by atoms with Crippen LogP contribution in [0.1, 0.15) is 40.5 Å². The van der Waals surface area contributed by atoms with Gasteiger partial charge in [-0.2, -0.15) is 15.3 Å². The molecule has 1 atom stereocenters. The maximum absolute atomic E-state index is 12.7. The number of rotatable bonds is 6. The summed E-state index contributed by atoms with van der Waals surface area (Å²) in [6, 6.07) is 3.81. The molecule has 2 aromatic heterocycles. The zero-order valence-electron chi connectivity index (χ0n) is 18.0. The number of hydrogen-bond acceptors (Lipinski definition) is 7. The second-order valence-electron chi connectivity index (χ2n) is 8.34. The third-order valence-corrected chi connectivity index (χ3v) is 4.86. The summed E-state index contributed by atoms with van der Waals surface area (Å²) in [4.78, 5) is 34.9. The zero-order chi connectivity index (χ0) is 21.9. The minimum atomic E-state index is -0.979. The normalized spacial score (nSPS) is 18.3. The van der Waals surface area contributed by atoms with E-state index >= 15 is 0 Å². The van der Waals surface area contributed by atoms with Crippen molar-refractivity contribution in [1.29, 1.82) is 5.26 Å². The first-order valence-corrected chi connectivity index (χ1v) is 9.82. The van der Waals surface area contributed by atoms with Crippen LogP contribution in [-0.4, -0.2) is 43.6 Å². The smallest absolute Gasteiger partial charge is 0.248 e. The summed E-state index contributed by atoms with van der Waals surface area (Å²) in [6.07, 6.45) is 5.75. The molecule has 1 fully saturated rings. The molecule has 0 saturated carbocycles. The van der Waals surface area contributed by atoms with Gasteiger partial charge in [0.25, 0.3) is 0 Å². The molecule has 166 valence electrons. The van der Waals surface area contributed by atoms with E-state index in [2.05, 4.69) is 31.8 Å². The molecule has 11 heteroatoms. The second-order valence-corrected chi connectivity index (χ2v) is 8.34. The predicted molar refractivity (Wildman–Crippen MR) is 118 cm³/mol. The van der Waals surface area contributed by atoms with Gasteiger partial charge in [-0.3, -0.25) is 19.2 Å². The van der Waals surface area contributed by atoms with Gasteiger partial charge < -0.3 is 10.6 Å². The first kappa shape index (κ1) is 24.1. The zero-order valence-corrected chi connectivity index (χ0v) is 18.9. The highest BCUT2D eigenvalue weighted by Crippen LogP contribution is 2.36. The summed E-state index contributed by atoms with van der Waals surface area (Å²) < 4.78 is 1.51. The molecule has 0 bridgehead atoms. The molecule has 1 saturated heterocycles. The fraction of sp³-hybridized carbons (Fsp3) is 0.500. The van der Waals surface area contributed by atoms with E-state index < -0.39 is 5.41 Å². The van der Waals surface area contributed by atoms with Gasteiger partial charge in [0.05, 0.1) is 18.0 Å². The maximum Gasteiger partial charge on any atom is 0.248 e. The van der Waals surface area contributed by atoms with Crippen LogP contribution in [0.25, 0.3) is 0 Å². The lowest BCUT2D eigenvalue weighted by Crippen LogP contribution is -2.42. The Labute approximate surface area is 187 Å². The largest absolute Gasteiger partial charge is 0.350 e. The van der Waals surface area contributed by atoms with Gasteiger partial charge in [0, 0.05) is 24.5 Å². The maximum atomic E-state index is 12.7. The minimum absolute atomic E-state index is 0. The molecular weight excluding hydrogens is 420 g/mol. The Hall–Kier alpha value is -3.19. The summed E-state index contributed by atoms with van der Waals surface area (Å²) in [7, 11) is 0. The van der Waals surface area contributed by atoms with Crippen molar-refractivity contribution in [2.75, 3.05) is 16.8 Å². The number of aromatic nitrogens is 4. The average Bonchev–Trinajstić information content (AvgIpc) is 3.24. The Kier molecular flexibility index (Phi) is 7.23. The van der Waals surface area contributed by atoms with Crippen LogP contribution >= 0.6 is 12.4 Å². The van der Waals surface area contributed by atoms with Crippen molar-refractivity contribution < 1.29 is 9.59 Å². The van der Waals surface area contributed by atoms with Crippen molar-refractivity contribution in [2.45, 2.75) is 52.6 Å². The molecule has 1 aliphatic heterocycles. The third-order valence-electron chi connectivity index (χ3n) is 4.86. The first-order valence-electron chi connectivity index (χ1n) is 9.82. The molecule has 31 heavy (non-hydrogen) atoms. The predicted octanol–water partition coefficient (Wildman–Crippen LogP) is 2.41. The van der Waals surface area contributed by atoms with E-state index in [0.29, 0.717) is 36.8 Å². The Morgan fingerprint density at radius 1 is 1.39 bits per heavy atom. The second kappa shape index (κ2) is 9.31. The fourth-order valence-electron chi connectivity index (χ4n) is 3.31. The molecule has 2 amide bonds. The van der Waals surface area contributed by atoms with Gasteiger partial charge in [0.1, 0.15) is 17.8 Å². The molecular formula is C20H27ClN8O2. The van der Waals surface area contributed by atoms with Gasteiger partial charge >= 0.3 is 0 Å². The van der Waals surface area contributed by atoms with Crippen LogP contribution in [0.5, 0.6) is 0 Å². The van der Waals surface area contributed by atoms with E-state index in [4.69, 9.17) is 0 Å². The van der Waals surface area contributed by atoms with E-state index in [1.165, 1.54) is 9.58 Å². The Morgan fingerprint density at radius 2 is 2.13 bits per heavy atom. The molecule has 2 aromatic rings. The van der Waals surface area contributed by atoms with E-state index in [9.17, 15) is 14.9 Å². The monoisotopic (exact) mass is 446 g/mol. The molecule has 2 N–H and O–H groups in total. The quantitative estimate of drug-likeness (QED) is 0.696. The number of carbonyl (C=O) groups is 2. The molecule has 0 spiro atoms. The Morgan fingerprint density at radius 3 is 2.74 bits per heavy atom. The molecule has 1 aliphatic rings. The van der Waals surface area contributed by atoms with E-state index in [1.807, 2.05) is 27.7 Å². The Balaban J connectivity index is 0.00000341. The molecule has 0 radical (unpaired) electrons. The van der Waals surface area contributed by atoms with E-state index in [0.717, 1.165) is 0 Å². The Bertz CT molecular complexity index is 994. The number of nitrogens with zero attached hydrogens (tertiary/aromatic N) is 6. The van der Waals surface area contributed by atoms with Crippen LogP contribution < -0.4 is 15.5 Å². The number of nitrogens with one attached hydrogen (secondary N) is 2. The van der Waals surface area contributed by atoms with Crippen molar-refractivity contribution in [3.63, 3.8) is 0 Å². The standard InChI is InChI=1S/C20H26N8O2.ClH/c1-5-20(13-21)7-9-28(17(20)30)15-6-8-22-18(25-15)24-14-10-23-27(11-14)12-16(29)26-19(2,3)4;/h6,8,10-11H,5,7,9,12H2,1-4H3,(H,26,29)(H,22,24,25);1H/t20-;/m1./s1. The number of anilines is 3. The summed E-state index contributed by atoms with van der Waals surface area (Å²) in [6.45, 7) is 8.12. The van der Waals surface area contributed by atoms with Crippen LogP contribution in [0.15, 0.2) is 24.7 Å². The van der Waals surface area contributed by atoms with Gasteiger partial charge in [-0.1, -0.05) is 6.92 Å². The highest BCUT2D eigenvalue weighted by molar-refractivity contribution is 6.01. The topological polar surface area (TPSA) is 129 Å². The van der Waals surface area contributed by atoms with Gasteiger partial charge in [-0.25, -0.2) is 4.98 Å². The van der Waals surface area contributed by atoms with Crippen molar-refractivity contribution in [3.05, 3.63) is 24.7 Å². The van der Waals surface area contributed by atoms with Crippen LogP contribution in [0.3, 0.4) is 0 Å². The van der Waals surface area contributed by atoms with Crippen LogP contribution in [-0.2, 0) is 16.1 Å². The van der Waals surface area contributed by atoms with E-state index in [1.54, 1.807) is 24.7 Å². The lowest BCUT2D eigenvalue weighted by Gasteiger charge is -2.20. The molecule has 3 rings (SSSR count). The van der Waals surface area contributed by atoms with Crippen LogP contribution in [0.2, 0.25) is 0 Å². The van der Waals surface area contributed by atoms with Crippen LogP contribution in [0.4, 0.5) is 17.5 Å². The van der Waals surface area contributed by atoms with Gasteiger partial charge in [-0.15, -0.1) is 12.4 Å². The fourth-order valence-corrected chi connectivity index (χ4v) is 3.31. The van der Waals surface area contributed by atoms with Gasteiger partial charge in [0.15, 0.2) is 0 Å².